The van der Waals surface area contributed by atoms with E-state index < -0.39 is 5.91 Å². The van der Waals surface area contributed by atoms with E-state index in [4.69, 9.17) is 9.94 Å². The smallest absolute Gasteiger partial charge is 0.274 e. The van der Waals surface area contributed by atoms with E-state index in [0.717, 1.165) is 63.1 Å². The normalized spacial score (nSPS) is 26.4. The van der Waals surface area contributed by atoms with Crippen LogP contribution >= 0.6 is 0 Å². The molecule has 2 saturated heterocycles. The van der Waals surface area contributed by atoms with Crippen molar-refractivity contribution in [2.75, 3.05) is 26.3 Å². The van der Waals surface area contributed by atoms with Gasteiger partial charge in [0.1, 0.15) is 0 Å². The van der Waals surface area contributed by atoms with Crippen molar-refractivity contribution < 1.29 is 19.5 Å². The Morgan fingerprint density at radius 1 is 1.33 bits per heavy atom. The van der Waals surface area contributed by atoms with Crippen molar-refractivity contribution in [1.82, 2.24) is 10.4 Å². The number of rotatable bonds is 3. The molecule has 4 rings (SSSR count). The summed E-state index contributed by atoms with van der Waals surface area (Å²) in [6.07, 6.45) is 3.30. The number of likely N-dealkylation sites (tertiary alicyclic amines) is 1. The van der Waals surface area contributed by atoms with Gasteiger partial charge in [0.05, 0.1) is 18.6 Å². The van der Waals surface area contributed by atoms with Crippen LogP contribution in [0.5, 0.6) is 0 Å². The van der Waals surface area contributed by atoms with Crippen molar-refractivity contribution in [1.29, 1.82) is 0 Å². The van der Waals surface area contributed by atoms with E-state index >= 15 is 0 Å². The van der Waals surface area contributed by atoms with Crippen LogP contribution in [0.3, 0.4) is 0 Å². The van der Waals surface area contributed by atoms with Gasteiger partial charge >= 0.3 is 0 Å². The number of hydrogen-bond donors (Lipinski definition) is 2. The highest BCUT2D eigenvalue weighted by Crippen LogP contribution is 2.44. The zero-order valence-electron chi connectivity index (χ0n) is 13.6. The van der Waals surface area contributed by atoms with Gasteiger partial charge in [0.2, 0.25) is 5.91 Å². The van der Waals surface area contributed by atoms with E-state index in [1.54, 1.807) is 11.5 Å². The van der Waals surface area contributed by atoms with Gasteiger partial charge in [0.15, 0.2) is 0 Å². The number of hydrogen-bond acceptors (Lipinski definition) is 4. The van der Waals surface area contributed by atoms with E-state index in [9.17, 15) is 9.59 Å². The van der Waals surface area contributed by atoms with Crippen molar-refractivity contribution in [3.63, 3.8) is 0 Å². The Morgan fingerprint density at radius 2 is 2.17 bits per heavy atom. The Bertz CT molecular complexity index is 686. The van der Waals surface area contributed by atoms with Crippen LogP contribution in [-0.4, -0.2) is 48.2 Å². The highest BCUT2D eigenvalue weighted by Gasteiger charge is 2.48. The molecule has 2 heterocycles. The number of fused-ring (bicyclic) bond motifs is 1. The summed E-state index contributed by atoms with van der Waals surface area (Å²) < 4.78 is 5.22. The summed E-state index contributed by atoms with van der Waals surface area (Å²) in [6, 6.07) is 5.47. The van der Waals surface area contributed by atoms with Gasteiger partial charge in [-0.1, -0.05) is 6.07 Å². The number of nitrogens with zero attached hydrogens (tertiary/aromatic N) is 1. The minimum Gasteiger partial charge on any atom is -0.381 e. The summed E-state index contributed by atoms with van der Waals surface area (Å²) in [4.78, 5) is 26.5. The molecule has 24 heavy (non-hydrogen) atoms. The number of nitrogens with one attached hydrogen (secondary N) is 1. The molecule has 2 amide bonds. The molecule has 0 aromatic heterocycles. The molecule has 1 aliphatic carbocycles. The summed E-state index contributed by atoms with van der Waals surface area (Å²) >= 11 is 0. The molecule has 0 bridgehead atoms. The van der Waals surface area contributed by atoms with Crippen LogP contribution in [0.2, 0.25) is 0 Å². The SMILES string of the molecule is O=C(NO)c1ccc2c(c1)CCC1(CCN(CC3COC3)C1=O)C2. The predicted octanol–water partition coefficient (Wildman–Crippen LogP) is 1.16. The van der Waals surface area contributed by atoms with E-state index in [1.807, 2.05) is 17.0 Å². The Hall–Kier alpha value is -1.92. The molecule has 2 fully saturated rings. The average Bonchev–Trinajstić information content (AvgIpc) is 2.86. The zero-order valence-corrected chi connectivity index (χ0v) is 13.6. The minimum atomic E-state index is -0.496. The number of ether oxygens (including phenoxy) is 1. The van der Waals surface area contributed by atoms with Crippen molar-refractivity contribution in [2.24, 2.45) is 11.3 Å². The number of aryl methyl sites for hydroxylation is 1. The Morgan fingerprint density at radius 3 is 2.88 bits per heavy atom. The van der Waals surface area contributed by atoms with Crippen LogP contribution in [-0.2, 0) is 22.4 Å². The second-order valence-corrected chi connectivity index (χ2v) is 7.29. The lowest BCUT2D eigenvalue weighted by Crippen LogP contribution is -2.44. The van der Waals surface area contributed by atoms with E-state index in [1.165, 1.54) is 0 Å². The molecule has 0 saturated carbocycles. The first-order valence-electron chi connectivity index (χ1n) is 8.55. The number of carbonyl (C=O) groups is 2. The van der Waals surface area contributed by atoms with Crippen LogP contribution < -0.4 is 5.48 Å². The lowest BCUT2D eigenvalue weighted by Gasteiger charge is -2.35. The predicted molar refractivity (Wildman–Crippen MR) is 85.7 cm³/mol. The molecule has 2 N–H and O–H groups in total. The summed E-state index contributed by atoms with van der Waals surface area (Å²) in [5.74, 6) is 0.292. The summed E-state index contributed by atoms with van der Waals surface area (Å²) in [5, 5.41) is 8.76. The molecule has 1 unspecified atom stereocenters. The highest BCUT2D eigenvalue weighted by molar-refractivity contribution is 5.93. The lowest BCUT2D eigenvalue weighted by atomic mass is 9.70. The van der Waals surface area contributed by atoms with Crippen molar-refractivity contribution in [2.45, 2.75) is 25.7 Å². The molecule has 6 heteroatoms. The van der Waals surface area contributed by atoms with Crippen molar-refractivity contribution in [3.05, 3.63) is 34.9 Å². The maximum Gasteiger partial charge on any atom is 0.274 e. The topological polar surface area (TPSA) is 78.9 Å². The van der Waals surface area contributed by atoms with Crippen LogP contribution in [0.1, 0.15) is 34.3 Å². The minimum absolute atomic E-state index is 0.266. The summed E-state index contributed by atoms with van der Waals surface area (Å²) in [5.41, 5.74) is 4.12. The third-order valence-corrected chi connectivity index (χ3v) is 5.76. The lowest BCUT2D eigenvalue weighted by molar-refractivity contribution is -0.139. The second-order valence-electron chi connectivity index (χ2n) is 7.29. The maximum atomic E-state index is 13.0. The molecule has 1 aromatic rings. The number of hydroxylamine groups is 1. The average molecular weight is 330 g/mol. The Kier molecular flexibility index (Phi) is 3.81. The Labute approximate surface area is 140 Å². The van der Waals surface area contributed by atoms with Gasteiger partial charge in [0.25, 0.3) is 5.91 Å². The number of carbonyl (C=O) groups excluding carboxylic acids is 2. The monoisotopic (exact) mass is 330 g/mol. The van der Waals surface area contributed by atoms with Gasteiger partial charge in [-0.3, -0.25) is 14.8 Å². The third kappa shape index (κ3) is 2.50. The quantitative estimate of drug-likeness (QED) is 0.644. The highest BCUT2D eigenvalue weighted by atomic mass is 16.5. The van der Waals surface area contributed by atoms with Crippen LogP contribution in [0, 0.1) is 11.3 Å². The van der Waals surface area contributed by atoms with E-state index in [2.05, 4.69) is 0 Å². The van der Waals surface area contributed by atoms with Gasteiger partial charge < -0.3 is 9.64 Å². The molecule has 2 aliphatic heterocycles. The number of amides is 2. The van der Waals surface area contributed by atoms with Crippen LogP contribution in [0.25, 0.3) is 0 Å². The molecule has 6 nitrogen and oxygen atoms in total. The fourth-order valence-electron chi connectivity index (χ4n) is 4.23. The first-order valence-corrected chi connectivity index (χ1v) is 8.55. The molecule has 0 radical (unpaired) electrons. The van der Waals surface area contributed by atoms with Crippen LogP contribution in [0.15, 0.2) is 18.2 Å². The molecular formula is C18H22N2O4. The van der Waals surface area contributed by atoms with Gasteiger partial charge in [-0.15, -0.1) is 0 Å². The molecule has 3 aliphatic rings. The van der Waals surface area contributed by atoms with Gasteiger partial charge in [-0.05, 0) is 48.9 Å². The van der Waals surface area contributed by atoms with Crippen molar-refractivity contribution in [3.8, 4) is 0 Å². The molecule has 1 spiro atoms. The Balaban J connectivity index is 1.51. The fourth-order valence-corrected chi connectivity index (χ4v) is 4.23. The van der Waals surface area contributed by atoms with E-state index in [-0.39, 0.29) is 11.3 Å². The third-order valence-electron chi connectivity index (χ3n) is 5.76. The molecule has 1 atom stereocenters. The number of benzene rings is 1. The fraction of sp³-hybridized carbons (Fsp3) is 0.556. The molecular weight excluding hydrogens is 308 g/mol. The zero-order chi connectivity index (χ0) is 16.7. The second kappa shape index (κ2) is 5.86. The van der Waals surface area contributed by atoms with Gasteiger partial charge in [-0.2, -0.15) is 0 Å². The summed E-state index contributed by atoms with van der Waals surface area (Å²) in [7, 11) is 0. The van der Waals surface area contributed by atoms with E-state index in [0.29, 0.717) is 11.5 Å². The largest absolute Gasteiger partial charge is 0.381 e. The van der Waals surface area contributed by atoms with Gasteiger partial charge in [-0.25, -0.2) is 5.48 Å². The molecule has 128 valence electrons. The van der Waals surface area contributed by atoms with Gasteiger partial charge in [0, 0.05) is 24.6 Å². The standard InChI is InChI=1S/C18H22N2O4/c21-16(19-23)14-1-2-15-8-18(4-3-13(15)7-14)5-6-20(17(18)22)9-12-10-24-11-12/h1-2,7,12,23H,3-6,8-11H2,(H,19,21). The first-order chi connectivity index (χ1) is 11.6. The maximum absolute atomic E-state index is 13.0. The summed E-state index contributed by atoms with van der Waals surface area (Å²) in [6.45, 7) is 3.21. The first kappa shape index (κ1) is 15.6. The van der Waals surface area contributed by atoms with Crippen LogP contribution in [0.4, 0.5) is 0 Å². The molecule has 1 aromatic carbocycles. The van der Waals surface area contributed by atoms with Crippen molar-refractivity contribution >= 4 is 11.8 Å².